The molecule has 1 amide bonds. The molecule has 1 fully saturated rings. The lowest BCUT2D eigenvalue weighted by atomic mass is 9.89. The Morgan fingerprint density at radius 1 is 1.42 bits per heavy atom. The molecule has 26 heavy (non-hydrogen) atoms. The van der Waals surface area contributed by atoms with E-state index in [0.717, 1.165) is 42.9 Å². The van der Waals surface area contributed by atoms with Gasteiger partial charge in [-0.15, -0.1) is 0 Å². The molecule has 0 aromatic carbocycles. The van der Waals surface area contributed by atoms with E-state index in [1.54, 1.807) is 6.20 Å². The van der Waals surface area contributed by atoms with Crippen molar-refractivity contribution in [1.82, 2.24) is 24.6 Å². The molecule has 0 bridgehead atoms. The number of ether oxygens (including phenoxy) is 1. The highest BCUT2D eigenvalue weighted by Gasteiger charge is 2.37. The van der Waals surface area contributed by atoms with E-state index < -0.39 is 0 Å². The SMILES string of the molecule is CC(C)c1nc2c(n1C)CCN(C(=O)[C@@H]1CCCO[C@H]1c1cn[nH]c1)C2. The van der Waals surface area contributed by atoms with E-state index in [4.69, 9.17) is 9.72 Å². The Morgan fingerprint density at radius 2 is 2.27 bits per heavy atom. The highest BCUT2D eigenvalue weighted by Crippen LogP contribution is 2.35. The van der Waals surface area contributed by atoms with Gasteiger partial charge < -0.3 is 14.2 Å². The molecule has 1 N–H and O–H groups in total. The second kappa shape index (κ2) is 6.87. The Bertz CT molecular complexity index is 780. The number of amides is 1. The number of imidazole rings is 1. The summed E-state index contributed by atoms with van der Waals surface area (Å²) in [7, 11) is 2.09. The van der Waals surface area contributed by atoms with Crippen LogP contribution in [0.25, 0.3) is 0 Å². The largest absolute Gasteiger partial charge is 0.373 e. The Hall–Kier alpha value is -2.15. The maximum atomic E-state index is 13.3. The number of H-pyrrole nitrogens is 1. The zero-order valence-electron chi connectivity index (χ0n) is 15.7. The predicted molar refractivity (Wildman–Crippen MR) is 96.4 cm³/mol. The minimum atomic E-state index is -0.202. The summed E-state index contributed by atoms with van der Waals surface area (Å²) >= 11 is 0. The van der Waals surface area contributed by atoms with Gasteiger partial charge in [-0.3, -0.25) is 9.89 Å². The van der Waals surface area contributed by atoms with Crippen molar-refractivity contribution in [3.8, 4) is 0 Å². The molecule has 2 atom stereocenters. The number of hydrogen-bond donors (Lipinski definition) is 1. The first-order valence-corrected chi connectivity index (χ1v) is 9.49. The van der Waals surface area contributed by atoms with Gasteiger partial charge in [0.25, 0.3) is 0 Å². The van der Waals surface area contributed by atoms with Crippen LogP contribution < -0.4 is 0 Å². The zero-order chi connectivity index (χ0) is 18.3. The van der Waals surface area contributed by atoms with Gasteiger partial charge in [-0.1, -0.05) is 13.8 Å². The number of nitrogens with one attached hydrogen (secondary N) is 1. The minimum Gasteiger partial charge on any atom is -0.373 e. The standard InChI is InChI=1S/C19H27N5O2/c1-12(2)18-22-15-11-24(7-6-16(15)23(18)3)19(25)14-5-4-8-26-17(14)13-9-20-21-10-13/h9-10,12,14,17H,4-8,11H2,1-3H3,(H,20,21)/t14-,17+/m1/s1. The van der Waals surface area contributed by atoms with Gasteiger partial charge >= 0.3 is 0 Å². The third-order valence-electron chi connectivity index (χ3n) is 5.61. The van der Waals surface area contributed by atoms with Gasteiger partial charge in [0.2, 0.25) is 5.91 Å². The van der Waals surface area contributed by atoms with Crippen LogP contribution in [0.15, 0.2) is 12.4 Å². The highest BCUT2D eigenvalue weighted by molar-refractivity contribution is 5.80. The third kappa shape index (κ3) is 2.94. The lowest BCUT2D eigenvalue weighted by Crippen LogP contribution is -2.43. The summed E-state index contributed by atoms with van der Waals surface area (Å²) in [5.74, 6) is 1.52. The van der Waals surface area contributed by atoms with Crippen molar-refractivity contribution in [2.75, 3.05) is 13.2 Å². The monoisotopic (exact) mass is 357 g/mol. The van der Waals surface area contributed by atoms with Gasteiger partial charge in [-0.2, -0.15) is 5.10 Å². The maximum absolute atomic E-state index is 13.3. The van der Waals surface area contributed by atoms with Crippen LogP contribution >= 0.6 is 0 Å². The molecule has 0 saturated carbocycles. The summed E-state index contributed by atoms with van der Waals surface area (Å²) in [5, 5.41) is 6.85. The average molecular weight is 357 g/mol. The van der Waals surface area contributed by atoms with E-state index in [2.05, 4.69) is 35.7 Å². The van der Waals surface area contributed by atoms with Crippen LogP contribution in [0.2, 0.25) is 0 Å². The number of hydrogen-bond acceptors (Lipinski definition) is 4. The van der Waals surface area contributed by atoms with E-state index in [1.165, 1.54) is 5.69 Å². The fourth-order valence-electron chi connectivity index (χ4n) is 4.27. The van der Waals surface area contributed by atoms with Gasteiger partial charge in [0.05, 0.1) is 30.5 Å². The fourth-order valence-corrected chi connectivity index (χ4v) is 4.27. The number of carbonyl (C=O) groups is 1. The number of carbonyl (C=O) groups excluding carboxylic acids is 1. The van der Waals surface area contributed by atoms with E-state index >= 15 is 0 Å². The topological polar surface area (TPSA) is 76.0 Å². The second-order valence-electron chi connectivity index (χ2n) is 7.66. The molecule has 4 heterocycles. The molecule has 2 aromatic heterocycles. The first-order chi connectivity index (χ1) is 12.6. The van der Waals surface area contributed by atoms with Crippen molar-refractivity contribution >= 4 is 5.91 Å². The van der Waals surface area contributed by atoms with Crippen LogP contribution in [0.1, 0.15) is 61.5 Å². The van der Waals surface area contributed by atoms with Crippen LogP contribution in [-0.2, 0) is 29.5 Å². The molecule has 0 spiro atoms. The Morgan fingerprint density at radius 3 is 3.00 bits per heavy atom. The molecular formula is C19H27N5O2. The van der Waals surface area contributed by atoms with Crippen LogP contribution in [0, 0.1) is 5.92 Å². The van der Waals surface area contributed by atoms with Crippen molar-refractivity contribution in [3.05, 3.63) is 35.2 Å². The first kappa shape index (κ1) is 17.3. The van der Waals surface area contributed by atoms with Gasteiger partial charge in [-0.05, 0) is 12.8 Å². The summed E-state index contributed by atoms with van der Waals surface area (Å²) in [6, 6.07) is 0. The highest BCUT2D eigenvalue weighted by atomic mass is 16.5. The van der Waals surface area contributed by atoms with Crippen molar-refractivity contribution in [3.63, 3.8) is 0 Å². The number of aromatic amines is 1. The normalized spacial score (nSPS) is 23.3. The summed E-state index contributed by atoms with van der Waals surface area (Å²) in [4.78, 5) is 20.1. The molecule has 2 aliphatic rings. The van der Waals surface area contributed by atoms with Crippen LogP contribution in [0.5, 0.6) is 0 Å². The fraction of sp³-hybridized carbons (Fsp3) is 0.632. The molecule has 7 nitrogen and oxygen atoms in total. The summed E-state index contributed by atoms with van der Waals surface area (Å²) in [6.45, 7) is 6.36. The summed E-state index contributed by atoms with van der Waals surface area (Å²) in [5.41, 5.74) is 3.28. The number of fused-ring (bicyclic) bond motifs is 1. The van der Waals surface area contributed by atoms with Crippen molar-refractivity contribution in [1.29, 1.82) is 0 Å². The van der Waals surface area contributed by atoms with Crippen molar-refractivity contribution < 1.29 is 9.53 Å². The van der Waals surface area contributed by atoms with Crippen LogP contribution in [0.3, 0.4) is 0 Å². The second-order valence-corrected chi connectivity index (χ2v) is 7.66. The van der Waals surface area contributed by atoms with Crippen molar-refractivity contribution in [2.45, 2.75) is 51.7 Å². The molecule has 4 rings (SSSR count). The Balaban J connectivity index is 1.54. The van der Waals surface area contributed by atoms with E-state index in [0.29, 0.717) is 19.1 Å². The van der Waals surface area contributed by atoms with E-state index in [-0.39, 0.29) is 17.9 Å². The molecule has 140 valence electrons. The number of nitrogens with zero attached hydrogens (tertiary/aromatic N) is 4. The smallest absolute Gasteiger partial charge is 0.229 e. The van der Waals surface area contributed by atoms with Gasteiger partial charge in [0.15, 0.2) is 0 Å². The van der Waals surface area contributed by atoms with Crippen LogP contribution in [0.4, 0.5) is 0 Å². The summed E-state index contributed by atoms with van der Waals surface area (Å²) < 4.78 is 8.15. The molecule has 0 unspecified atom stereocenters. The minimum absolute atomic E-state index is 0.142. The molecular weight excluding hydrogens is 330 g/mol. The zero-order valence-corrected chi connectivity index (χ0v) is 15.7. The van der Waals surface area contributed by atoms with Gasteiger partial charge in [-0.25, -0.2) is 4.98 Å². The molecule has 7 heteroatoms. The Kier molecular flexibility index (Phi) is 4.56. The third-order valence-corrected chi connectivity index (χ3v) is 5.61. The van der Waals surface area contributed by atoms with E-state index in [9.17, 15) is 4.79 Å². The molecule has 0 aliphatic carbocycles. The quantitative estimate of drug-likeness (QED) is 0.915. The predicted octanol–water partition coefficient (Wildman–Crippen LogP) is 2.32. The molecule has 2 aromatic rings. The average Bonchev–Trinajstić information content (AvgIpc) is 3.29. The molecule has 2 aliphatic heterocycles. The lowest BCUT2D eigenvalue weighted by molar-refractivity contribution is -0.146. The van der Waals surface area contributed by atoms with E-state index in [1.807, 2.05) is 11.1 Å². The maximum Gasteiger partial charge on any atom is 0.229 e. The first-order valence-electron chi connectivity index (χ1n) is 9.49. The van der Waals surface area contributed by atoms with Gasteiger partial charge in [0, 0.05) is 50.0 Å². The Labute approximate surface area is 153 Å². The molecule has 1 saturated heterocycles. The lowest BCUT2D eigenvalue weighted by Gasteiger charge is -2.35. The number of rotatable bonds is 3. The van der Waals surface area contributed by atoms with Gasteiger partial charge in [0.1, 0.15) is 5.82 Å². The van der Waals surface area contributed by atoms with Crippen LogP contribution in [-0.4, -0.2) is 43.7 Å². The number of aromatic nitrogens is 4. The molecule has 0 radical (unpaired) electrons. The summed E-state index contributed by atoms with van der Waals surface area (Å²) in [6.07, 6.45) is 6.03. The van der Waals surface area contributed by atoms with Crippen molar-refractivity contribution in [2.24, 2.45) is 13.0 Å².